The largest absolute Gasteiger partial charge is 0.311 e. The zero-order valence-corrected chi connectivity index (χ0v) is 13.4. The Morgan fingerprint density at radius 1 is 1.48 bits per heavy atom. The molecule has 0 bridgehead atoms. The van der Waals surface area contributed by atoms with Gasteiger partial charge in [-0.15, -0.1) is 11.3 Å². The van der Waals surface area contributed by atoms with Crippen LogP contribution < -0.4 is 5.56 Å². The van der Waals surface area contributed by atoms with Gasteiger partial charge in [0.05, 0.1) is 5.69 Å². The molecule has 1 N–H and O–H groups in total. The Hall–Kier alpha value is -1.46. The number of likely N-dealkylation sites (tertiary alicyclic amines) is 1. The van der Waals surface area contributed by atoms with Crippen LogP contribution in [0.25, 0.3) is 0 Å². The van der Waals surface area contributed by atoms with Crippen molar-refractivity contribution in [3.8, 4) is 0 Å². The number of H-pyrrole nitrogens is 1. The summed E-state index contributed by atoms with van der Waals surface area (Å²) in [5, 5.41) is 2.16. The summed E-state index contributed by atoms with van der Waals surface area (Å²) < 4.78 is 0. The molecule has 0 saturated carbocycles. The lowest BCUT2D eigenvalue weighted by molar-refractivity contribution is 0.199. The van der Waals surface area contributed by atoms with Crippen LogP contribution >= 0.6 is 11.3 Å². The number of aryl methyl sites for hydroxylation is 2. The fourth-order valence-corrected chi connectivity index (χ4v) is 3.97. The molecule has 1 fully saturated rings. The number of nitrogens with one attached hydrogen (secondary N) is 1. The van der Waals surface area contributed by atoms with Crippen LogP contribution in [0.2, 0.25) is 0 Å². The monoisotopic (exact) mass is 303 g/mol. The van der Waals surface area contributed by atoms with Crippen molar-refractivity contribution in [3.63, 3.8) is 0 Å². The first-order chi connectivity index (χ1) is 10.1. The predicted molar refractivity (Wildman–Crippen MR) is 85.9 cm³/mol. The summed E-state index contributed by atoms with van der Waals surface area (Å²) in [7, 11) is 0. The number of hydrogen-bond donors (Lipinski definition) is 1. The van der Waals surface area contributed by atoms with E-state index in [1.165, 1.54) is 16.9 Å². The van der Waals surface area contributed by atoms with E-state index in [0.717, 1.165) is 31.7 Å². The lowest BCUT2D eigenvalue weighted by Crippen LogP contribution is -2.34. The molecule has 2 aromatic rings. The van der Waals surface area contributed by atoms with Crippen LogP contribution in [0, 0.1) is 13.8 Å². The van der Waals surface area contributed by atoms with E-state index >= 15 is 0 Å². The van der Waals surface area contributed by atoms with E-state index in [-0.39, 0.29) is 5.56 Å². The number of hydrogen-bond acceptors (Lipinski definition) is 4. The molecule has 0 spiro atoms. The van der Waals surface area contributed by atoms with Gasteiger partial charge in [-0.2, -0.15) is 0 Å². The van der Waals surface area contributed by atoms with E-state index in [1.54, 1.807) is 6.07 Å². The van der Waals surface area contributed by atoms with Crippen LogP contribution in [-0.4, -0.2) is 28.0 Å². The van der Waals surface area contributed by atoms with E-state index in [1.807, 2.05) is 18.3 Å². The summed E-state index contributed by atoms with van der Waals surface area (Å²) in [5.74, 6) is 1.09. The van der Waals surface area contributed by atoms with Gasteiger partial charge in [0.1, 0.15) is 5.82 Å². The molecule has 1 unspecified atom stereocenters. The second kappa shape index (κ2) is 6.12. The number of thiophene rings is 1. The maximum atomic E-state index is 11.6. The Labute approximate surface area is 128 Å². The van der Waals surface area contributed by atoms with Gasteiger partial charge in [0.2, 0.25) is 0 Å². The van der Waals surface area contributed by atoms with Crippen LogP contribution in [-0.2, 0) is 6.54 Å². The van der Waals surface area contributed by atoms with Crippen molar-refractivity contribution in [1.82, 2.24) is 14.9 Å². The number of rotatable bonds is 3. The van der Waals surface area contributed by atoms with Gasteiger partial charge in [-0.1, -0.05) is 0 Å². The highest BCUT2D eigenvalue weighted by Gasteiger charge is 2.23. The van der Waals surface area contributed by atoms with Crippen LogP contribution in [0.5, 0.6) is 0 Å². The molecule has 3 rings (SSSR count). The van der Waals surface area contributed by atoms with Crippen LogP contribution in [0.4, 0.5) is 0 Å². The second-order valence-corrected chi connectivity index (χ2v) is 6.86. The van der Waals surface area contributed by atoms with Crippen molar-refractivity contribution >= 4 is 11.3 Å². The summed E-state index contributed by atoms with van der Waals surface area (Å²) in [5.41, 5.74) is 2.29. The van der Waals surface area contributed by atoms with Crippen molar-refractivity contribution < 1.29 is 0 Å². The van der Waals surface area contributed by atoms with Crippen molar-refractivity contribution in [3.05, 3.63) is 49.8 Å². The minimum Gasteiger partial charge on any atom is -0.311 e. The van der Waals surface area contributed by atoms with Crippen molar-refractivity contribution in [2.75, 3.05) is 13.1 Å². The Balaban J connectivity index is 1.73. The van der Waals surface area contributed by atoms with Gasteiger partial charge in [-0.05, 0) is 50.2 Å². The average Bonchev–Trinajstić information content (AvgIpc) is 2.84. The van der Waals surface area contributed by atoms with Crippen molar-refractivity contribution in [2.24, 2.45) is 0 Å². The van der Waals surface area contributed by atoms with E-state index in [2.05, 4.69) is 33.2 Å². The quantitative estimate of drug-likeness (QED) is 0.948. The molecule has 112 valence electrons. The molecule has 2 aromatic heterocycles. The van der Waals surface area contributed by atoms with Gasteiger partial charge in [0.15, 0.2) is 0 Å². The van der Waals surface area contributed by atoms with E-state index in [0.29, 0.717) is 11.7 Å². The van der Waals surface area contributed by atoms with Gasteiger partial charge in [-0.3, -0.25) is 9.69 Å². The Kier molecular flexibility index (Phi) is 4.22. The van der Waals surface area contributed by atoms with Gasteiger partial charge >= 0.3 is 0 Å². The fourth-order valence-electron chi connectivity index (χ4n) is 3.02. The van der Waals surface area contributed by atoms with E-state index in [4.69, 9.17) is 0 Å². The maximum absolute atomic E-state index is 11.6. The third-order valence-corrected chi connectivity index (χ3v) is 5.15. The lowest BCUT2D eigenvalue weighted by atomic mass is 9.94. The highest BCUT2D eigenvalue weighted by atomic mass is 32.1. The summed E-state index contributed by atoms with van der Waals surface area (Å²) in [6.45, 7) is 7.17. The minimum absolute atomic E-state index is 0.0382. The summed E-state index contributed by atoms with van der Waals surface area (Å²) >= 11 is 1.83. The van der Waals surface area contributed by atoms with Gasteiger partial charge in [0.25, 0.3) is 5.56 Å². The Morgan fingerprint density at radius 3 is 3.05 bits per heavy atom. The molecule has 1 saturated heterocycles. The molecule has 0 aliphatic carbocycles. The smallest absolute Gasteiger partial charge is 0.251 e. The van der Waals surface area contributed by atoms with Crippen LogP contribution in [0.15, 0.2) is 22.3 Å². The predicted octanol–water partition coefficient (Wildman–Crippen LogP) is 2.83. The molecule has 1 aliphatic rings. The molecule has 1 aliphatic heterocycles. The number of nitrogens with zero attached hydrogens (tertiary/aromatic N) is 2. The van der Waals surface area contributed by atoms with E-state index < -0.39 is 0 Å². The number of piperidine rings is 1. The standard InChI is InChI=1S/C16H21N3OS/c1-11-5-7-21-15(11)10-19-6-3-4-13(9-19)14-8-16(20)18-12(2)17-14/h5,7-8,13H,3-4,6,9-10H2,1-2H3,(H,17,18,20). The third-order valence-electron chi connectivity index (χ3n) is 4.14. The van der Waals surface area contributed by atoms with E-state index in [9.17, 15) is 4.79 Å². The first kappa shape index (κ1) is 14.5. The highest BCUT2D eigenvalue weighted by molar-refractivity contribution is 7.10. The van der Waals surface area contributed by atoms with Crippen molar-refractivity contribution in [1.29, 1.82) is 0 Å². The molecule has 0 amide bonds. The van der Waals surface area contributed by atoms with Crippen LogP contribution in [0.3, 0.4) is 0 Å². The maximum Gasteiger partial charge on any atom is 0.251 e. The molecule has 0 aromatic carbocycles. The highest BCUT2D eigenvalue weighted by Crippen LogP contribution is 2.27. The van der Waals surface area contributed by atoms with Gasteiger partial charge < -0.3 is 4.98 Å². The Morgan fingerprint density at radius 2 is 2.33 bits per heavy atom. The average molecular weight is 303 g/mol. The topological polar surface area (TPSA) is 49.0 Å². The summed E-state index contributed by atoms with van der Waals surface area (Å²) in [6.07, 6.45) is 2.29. The zero-order valence-electron chi connectivity index (χ0n) is 12.6. The normalized spacial score (nSPS) is 19.8. The van der Waals surface area contributed by atoms with Gasteiger partial charge in [0, 0.05) is 30.0 Å². The first-order valence-corrected chi connectivity index (χ1v) is 8.33. The molecular formula is C16H21N3OS. The first-order valence-electron chi connectivity index (χ1n) is 7.45. The molecule has 3 heterocycles. The number of aromatic nitrogens is 2. The van der Waals surface area contributed by atoms with Crippen LogP contribution in [0.1, 0.15) is 40.7 Å². The second-order valence-electron chi connectivity index (χ2n) is 5.86. The minimum atomic E-state index is -0.0382. The summed E-state index contributed by atoms with van der Waals surface area (Å²) in [6, 6.07) is 3.85. The number of aromatic amines is 1. The molecular weight excluding hydrogens is 282 g/mol. The molecule has 21 heavy (non-hydrogen) atoms. The van der Waals surface area contributed by atoms with Crippen molar-refractivity contribution in [2.45, 2.75) is 39.2 Å². The fraction of sp³-hybridized carbons (Fsp3) is 0.500. The van der Waals surface area contributed by atoms with Gasteiger partial charge in [-0.25, -0.2) is 4.98 Å². The molecule has 5 heteroatoms. The Bertz CT molecular complexity index is 676. The third kappa shape index (κ3) is 3.41. The SMILES string of the molecule is Cc1nc(C2CCCN(Cc3sccc3C)C2)cc(=O)[nH]1. The zero-order chi connectivity index (χ0) is 14.8. The summed E-state index contributed by atoms with van der Waals surface area (Å²) in [4.78, 5) is 22.8. The molecule has 4 nitrogen and oxygen atoms in total. The molecule has 0 radical (unpaired) electrons. The lowest BCUT2D eigenvalue weighted by Gasteiger charge is -2.32. The molecule has 1 atom stereocenters.